The van der Waals surface area contributed by atoms with Gasteiger partial charge in [0.25, 0.3) is 0 Å². The van der Waals surface area contributed by atoms with E-state index in [9.17, 15) is 19.2 Å². The normalized spacial score (nSPS) is 17.5. The predicted octanol–water partition coefficient (Wildman–Crippen LogP) is 7.07. The standard InChI is InChI=1S/C40H50N8O6.2ClH/c1-23(2)33(45-39(51)53-5)37(49)47-19-7-9-31(47)35-41-21-29(43-35)27-15-11-25(12-16-27)26-13-17-28(18-14-26)30-22-42-36(44-30)32-10-8-20-48(32)38(50)34(24(3)4)46-40(52)54-6;;/h11-18,21-24,31-34H,7-10,19-20H2,1-6H3,(H,41,43)(H,42,44)(H,45,51)(H,46,52);2*1H/t31-,32+,33-,34+;;. The van der Waals surface area contributed by atoms with Gasteiger partial charge in [-0.2, -0.15) is 0 Å². The molecule has 0 radical (unpaired) electrons. The molecule has 14 nitrogen and oxygen atoms in total. The maximum absolute atomic E-state index is 13.5. The maximum Gasteiger partial charge on any atom is 0.407 e. The van der Waals surface area contributed by atoms with Gasteiger partial charge in [-0.15, -0.1) is 24.8 Å². The van der Waals surface area contributed by atoms with Gasteiger partial charge in [0.05, 0.1) is 50.1 Å². The number of carbonyl (C=O) groups excluding carboxylic acids is 4. The highest BCUT2D eigenvalue weighted by Crippen LogP contribution is 2.35. The number of aromatic amines is 2. The molecule has 56 heavy (non-hydrogen) atoms. The molecule has 0 spiro atoms. The van der Waals surface area contributed by atoms with Crippen molar-refractivity contribution in [3.63, 3.8) is 0 Å². The molecule has 4 amide bonds. The van der Waals surface area contributed by atoms with Crippen molar-refractivity contribution >= 4 is 48.8 Å². The lowest BCUT2D eigenvalue weighted by Crippen LogP contribution is -2.51. The van der Waals surface area contributed by atoms with Crippen LogP contribution in [-0.2, 0) is 19.1 Å². The Labute approximate surface area is 339 Å². The number of rotatable bonds is 11. The van der Waals surface area contributed by atoms with Crippen LogP contribution in [0, 0.1) is 11.8 Å². The molecule has 2 aliphatic heterocycles. The molecule has 0 saturated carbocycles. The largest absolute Gasteiger partial charge is 0.453 e. The number of imidazole rings is 2. The van der Waals surface area contributed by atoms with Crippen LogP contribution in [0.4, 0.5) is 9.59 Å². The summed E-state index contributed by atoms with van der Waals surface area (Å²) in [5.74, 6) is 0.955. The van der Waals surface area contributed by atoms with Gasteiger partial charge in [0.1, 0.15) is 23.7 Å². The van der Waals surface area contributed by atoms with Gasteiger partial charge in [-0.05, 0) is 59.8 Å². The zero-order valence-corrected chi connectivity index (χ0v) is 34.2. The van der Waals surface area contributed by atoms with Crippen LogP contribution in [0.1, 0.15) is 77.1 Å². The Morgan fingerprint density at radius 1 is 0.625 bits per heavy atom. The minimum Gasteiger partial charge on any atom is -0.453 e. The number of nitrogens with zero attached hydrogens (tertiary/aromatic N) is 4. The fourth-order valence-electron chi connectivity index (χ4n) is 7.38. The van der Waals surface area contributed by atoms with Crippen LogP contribution in [0.25, 0.3) is 33.6 Å². The van der Waals surface area contributed by atoms with Crippen molar-refractivity contribution in [1.29, 1.82) is 0 Å². The van der Waals surface area contributed by atoms with Gasteiger partial charge in [-0.1, -0.05) is 76.2 Å². The lowest BCUT2D eigenvalue weighted by atomic mass is 10.0. The number of nitrogens with one attached hydrogen (secondary N) is 4. The van der Waals surface area contributed by atoms with Crippen molar-refractivity contribution in [1.82, 2.24) is 40.4 Å². The SMILES string of the molecule is COC(=O)N[C@H](C(=O)N1CCC[C@H]1c1ncc(-c2ccc(-c3ccc(-c4cnc([C@H]5CCCN5C(=O)[C@H](NC(=O)OC)C(C)C)[nH]4)cc3)cc2)[nH]1)C(C)C.Cl.Cl. The topological polar surface area (TPSA) is 175 Å². The molecule has 2 aliphatic rings. The van der Waals surface area contributed by atoms with Gasteiger partial charge in [-0.25, -0.2) is 19.6 Å². The molecular formula is C40H52Cl2N8O6. The number of methoxy groups -OCH3 is 2. The summed E-state index contributed by atoms with van der Waals surface area (Å²) in [6, 6.07) is 14.7. The van der Waals surface area contributed by atoms with E-state index in [1.807, 2.05) is 52.0 Å². The van der Waals surface area contributed by atoms with Gasteiger partial charge < -0.3 is 39.9 Å². The molecule has 0 aliphatic carbocycles. The quantitative estimate of drug-likeness (QED) is 0.125. The predicted molar refractivity (Wildman–Crippen MR) is 217 cm³/mol. The molecular weight excluding hydrogens is 759 g/mol. The fraction of sp³-hybridized carbons (Fsp3) is 0.450. The van der Waals surface area contributed by atoms with Crippen molar-refractivity contribution in [3.8, 4) is 33.6 Å². The summed E-state index contributed by atoms with van der Waals surface area (Å²) in [6.45, 7) is 8.78. The highest BCUT2D eigenvalue weighted by atomic mass is 35.5. The lowest BCUT2D eigenvalue weighted by Gasteiger charge is -2.30. The summed E-state index contributed by atoms with van der Waals surface area (Å²) in [7, 11) is 2.58. The first-order valence-corrected chi connectivity index (χ1v) is 18.6. The van der Waals surface area contributed by atoms with Gasteiger partial charge in [-0.3, -0.25) is 9.59 Å². The van der Waals surface area contributed by atoms with Gasteiger partial charge in [0, 0.05) is 13.1 Å². The summed E-state index contributed by atoms with van der Waals surface area (Å²) < 4.78 is 9.50. The Bertz CT molecular complexity index is 1810. The second-order valence-corrected chi connectivity index (χ2v) is 14.6. The molecule has 4 heterocycles. The molecule has 2 fully saturated rings. The van der Waals surface area contributed by atoms with Crippen LogP contribution >= 0.6 is 24.8 Å². The maximum atomic E-state index is 13.5. The minimum absolute atomic E-state index is 0. The van der Waals surface area contributed by atoms with E-state index in [-0.39, 0.29) is 60.5 Å². The number of benzene rings is 2. The lowest BCUT2D eigenvalue weighted by molar-refractivity contribution is -0.136. The van der Waals surface area contributed by atoms with E-state index >= 15 is 0 Å². The average Bonchev–Trinajstić information content (AvgIpc) is 4.02. The molecule has 4 aromatic rings. The molecule has 2 saturated heterocycles. The van der Waals surface area contributed by atoms with Crippen molar-refractivity contribution in [2.24, 2.45) is 11.8 Å². The number of carbonyl (C=O) groups is 4. The molecule has 0 unspecified atom stereocenters. The highest BCUT2D eigenvalue weighted by molar-refractivity contribution is 5.87. The van der Waals surface area contributed by atoms with E-state index in [1.165, 1.54) is 14.2 Å². The number of alkyl carbamates (subject to hydrolysis) is 2. The smallest absolute Gasteiger partial charge is 0.407 e. The first-order chi connectivity index (χ1) is 26.0. The third-order valence-corrected chi connectivity index (χ3v) is 10.4. The van der Waals surface area contributed by atoms with Crippen molar-refractivity contribution in [2.75, 3.05) is 27.3 Å². The van der Waals surface area contributed by atoms with Crippen LogP contribution in [0.5, 0.6) is 0 Å². The fourth-order valence-corrected chi connectivity index (χ4v) is 7.38. The number of H-pyrrole nitrogens is 2. The number of ether oxygens (including phenoxy) is 2. The van der Waals surface area contributed by atoms with Gasteiger partial charge in [0.15, 0.2) is 0 Å². The van der Waals surface area contributed by atoms with E-state index in [4.69, 9.17) is 9.47 Å². The monoisotopic (exact) mass is 810 g/mol. The van der Waals surface area contributed by atoms with E-state index in [1.54, 1.807) is 22.2 Å². The Morgan fingerprint density at radius 2 is 0.964 bits per heavy atom. The summed E-state index contributed by atoms with van der Waals surface area (Å²) in [6.07, 6.45) is 5.61. The zero-order chi connectivity index (χ0) is 38.5. The van der Waals surface area contributed by atoms with Crippen LogP contribution in [0.3, 0.4) is 0 Å². The van der Waals surface area contributed by atoms with E-state index in [0.29, 0.717) is 13.1 Å². The molecule has 4 atom stereocenters. The number of hydrogen-bond acceptors (Lipinski definition) is 8. The first kappa shape index (κ1) is 43.6. The molecule has 0 bridgehead atoms. The van der Waals surface area contributed by atoms with E-state index in [2.05, 4.69) is 54.8 Å². The van der Waals surface area contributed by atoms with E-state index < -0.39 is 24.3 Å². The average molecular weight is 812 g/mol. The van der Waals surface area contributed by atoms with Gasteiger partial charge in [0.2, 0.25) is 11.8 Å². The molecule has 302 valence electrons. The van der Waals surface area contributed by atoms with Crippen LogP contribution in [0.2, 0.25) is 0 Å². The Kier molecular flexibility index (Phi) is 14.9. The molecule has 6 rings (SSSR count). The second kappa shape index (κ2) is 19.2. The highest BCUT2D eigenvalue weighted by Gasteiger charge is 2.39. The number of likely N-dealkylation sites (tertiary alicyclic amines) is 2. The molecule has 2 aromatic carbocycles. The van der Waals surface area contributed by atoms with Crippen LogP contribution in [0.15, 0.2) is 60.9 Å². The minimum atomic E-state index is -0.687. The molecule has 16 heteroatoms. The summed E-state index contributed by atoms with van der Waals surface area (Å²) in [5, 5.41) is 5.38. The summed E-state index contributed by atoms with van der Waals surface area (Å²) in [4.78, 5) is 70.7. The number of hydrogen-bond donors (Lipinski definition) is 4. The number of amides is 4. The third-order valence-electron chi connectivity index (χ3n) is 10.4. The second-order valence-electron chi connectivity index (χ2n) is 14.6. The van der Waals surface area contributed by atoms with Gasteiger partial charge >= 0.3 is 12.2 Å². The van der Waals surface area contributed by atoms with Crippen molar-refractivity contribution < 1.29 is 28.7 Å². The number of aromatic nitrogens is 4. The Balaban J connectivity index is 0.00000348. The van der Waals surface area contributed by atoms with Crippen molar-refractivity contribution in [2.45, 2.75) is 77.5 Å². The first-order valence-electron chi connectivity index (χ1n) is 18.6. The summed E-state index contributed by atoms with van der Waals surface area (Å²) in [5.41, 5.74) is 5.78. The Morgan fingerprint density at radius 3 is 1.29 bits per heavy atom. The summed E-state index contributed by atoms with van der Waals surface area (Å²) >= 11 is 0. The van der Waals surface area contributed by atoms with E-state index in [0.717, 1.165) is 71.0 Å². The zero-order valence-electron chi connectivity index (χ0n) is 32.5. The Hall–Kier alpha value is -5.08. The van der Waals surface area contributed by atoms with Crippen LogP contribution in [-0.4, -0.2) is 93.1 Å². The van der Waals surface area contributed by atoms with Crippen molar-refractivity contribution in [3.05, 3.63) is 72.6 Å². The number of halogens is 2. The molecule has 2 aromatic heterocycles. The van der Waals surface area contributed by atoms with Crippen LogP contribution < -0.4 is 10.6 Å². The molecule has 4 N–H and O–H groups in total. The third kappa shape index (κ3) is 9.47.